The summed E-state index contributed by atoms with van der Waals surface area (Å²) in [5.74, 6) is -0.331. The predicted octanol–water partition coefficient (Wildman–Crippen LogP) is 5.48. The van der Waals surface area contributed by atoms with Gasteiger partial charge in [-0.3, -0.25) is 0 Å². The van der Waals surface area contributed by atoms with Crippen LogP contribution < -0.4 is 4.74 Å². The van der Waals surface area contributed by atoms with E-state index in [0.717, 1.165) is 17.3 Å². The summed E-state index contributed by atoms with van der Waals surface area (Å²) in [7, 11) is 0. The third-order valence-electron chi connectivity index (χ3n) is 3.51. The SMILES string of the molecule is Cc1nnc(S/C(=C\c2cc(Cl)ccc2OCc2ccccc2Cl)C(=O)O)o1. The molecule has 0 spiro atoms. The molecular weight excluding hydrogens is 423 g/mol. The molecule has 0 aliphatic rings. The smallest absolute Gasteiger partial charge is 0.342 e. The number of ether oxygens (including phenoxy) is 1. The van der Waals surface area contributed by atoms with Gasteiger partial charge in [0, 0.05) is 28.1 Å². The zero-order valence-electron chi connectivity index (χ0n) is 14.6. The van der Waals surface area contributed by atoms with Crippen molar-refractivity contribution in [2.24, 2.45) is 0 Å². The van der Waals surface area contributed by atoms with Crippen molar-refractivity contribution in [3.63, 3.8) is 0 Å². The number of nitrogens with zero attached hydrogens (tertiary/aromatic N) is 2. The van der Waals surface area contributed by atoms with Crippen molar-refractivity contribution in [2.75, 3.05) is 0 Å². The number of hydrogen-bond acceptors (Lipinski definition) is 6. The normalized spacial score (nSPS) is 11.5. The van der Waals surface area contributed by atoms with E-state index in [1.54, 1.807) is 31.2 Å². The molecule has 9 heteroatoms. The molecule has 0 saturated carbocycles. The topological polar surface area (TPSA) is 85.5 Å². The van der Waals surface area contributed by atoms with Gasteiger partial charge in [-0.2, -0.15) is 0 Å². The van der Waals surface area contributed by atoms with E-state index in [4.69, 9.17) is 32.4 Å². The van der Waals surface area contributed by atoms with Gasteiger partial charge >= 0.3 is 5.97 Å². The van der Waals surface area contributed by atoms with Gasteiger partial charge in [-0.15, -0.1) is 10.2 Å². The van der Waals surface area contributed by atoms with Crippen LogP contribution in [0.4, 0.5) is 0 Å². The molecule has 1 heterocycles. The fourth-order valence-corrected chi connectivity index (χ4v) is 3.30. The molecule has 1 aromatic heterocycles. The number of halogens is 2. The summed E-state index contributed by atoms with van der Waals surface area (Å²) >= 11 is 13.1. The molecule has 0 saturated heterocycles. The van der Waals surface area contributed by atoms with Gasteiger partial charge in [0.1, 0.15) is 17.3 Å². The highest BCUT2D eigenvalue weighted by Crippen LogP contribution is 2.32. The molecule has 6 nitrogen and oxygen atoms in total. The van der Waals surface area contributed by atoms with Crippen molar-refractivity contribution in [3.05, 3.63) is 74.4 Å². The molecule has 2 aromatic carbocycles. The van der Waals surface area contributed by atoms with Gasteiger partial charge in [-0.05, 0) is 42.1 Å². The molecule has 1 N–H and O–H groups in total. The molecule has 0 aliphatic heterocycles. The molecule has 0 unspecified atom stereocenters. The van der Waals surface area contributed by atoms with E-state index in [2.05, 4.69) is 10.2 Å². The van der Waals surface area contributed by atoms with Crippen molar-refractivity contribution in [3.8, 4) is 5.75 Å². The Morgan fingerprint density at radius 1 is 1.25 bits per heavy atom. The first-order valence-electron chi connectivity index (χ1n) is 8.01. The van der Waals surface area contributed by atoms with Crippen LogP contribution in [0.25, 0.3) is 6.08 Å². The molecular formula is C19H14Cl2N2O4S. The largest absolute Gasteiger partial charge is 0.488 e. The Bertz CT molecular complexity index is 1040. The number of carboxylic acids is 1. The van der Waals surface area contributed by atoms with Gasteiger partial charge < -0.3 is 14.3 Å². The van der Waals surface area contributed by atoms with Crippen molar-refractivity contribution < 1.29 is 19.1 Å². The predicted molar refractivity (Wildman–Crippen MR) is 108 cm³/mol. The summed E-state index contributed by atoms with van der Waals surface area (Å²) in [6.45, 7) is 1.85. The highest BCUT2D eigenvalue weighted by molar-refractivity contribution is 8.03. The average molecular weight is 437 g/mol. The number of thioether (sulfide) groups is 1. The number of rotatable bonds is 7. The third kappa shape index (κ3) is 5.28. The van der Waals surface area contributed by atoms with E-state index >= 15 is 0 Å². The minimum absolute atomic E-state index is 0.0199. The van der Waals surface area contributed by atoms with Gasteiger partial charge in [-0.25, -0.2) is 4.79 Å². The van der Waals surface area contributed by atoms with E-state index in [1.807, 2.05) is 18.2 Å². The number of aliphatic carboxylic acids is 1. The van der Waals surface area contributed by atoms with Crippen LogP contribution in [0.1, 0.15) is 17.0 Å². The minimum Gasteiger partial charge on any atom is -0.488 e. The van der Waals surface area contributed by atoms with Gasteiger partial charge in [0.2, 0.25) is 5.89 Å². The van der Waals surface area contributed by atoms with E-state index < -0.39 is 5.97 Å². The van der Waals surface area contributed by atoms with Gasteiger partial charge in [0.05, 0.1) is 0 Å². The molecule has 0 bridgehead atoms. The maximum Gasteiger partial charge on any atom is 0.342 e. The number of aromatic nitrogens is 2. The lowest BCUT2D eigenvalue weighted by Crippen LogP contribution is -2.00. The monoisotopic (exact) mass is 436 g/mol. The standard InChI is InChI=1S/C19H14Cl2N2O4S/c1-11-22-23-19(27-11)28-17(18(24)25)9-13-8-14(20)6-7-16(13)26-10-12-4-2-3-5-15(12)21/h2-9H,10H2,1H3,(H,24,25)/b17-9-. The average Bonchev–Trinajstić information content (AvgIpc) is 3.06. The summed E-state index contributed by atoms with van der Waals surface area (Å²) in [4.78, 5) is 11.6. The maximum atomic E-state index is 11.7. The van der Waals surface area contributed by atoms with E-state index in [-0.39, 0.29) is 16.7 Å². The van der Waals surface area contributed by atoms with Gasteiger partial charge in [0.25, 0.3) is 5.22 Å². The van der Waals surface area contributed by atoms with Crippen LogP contribution in [0, 0.1) is 6.92 Å². The number of carboxylic acid groups (broad SMARTS) is 1. The first-order valence-corrected chi connectivity index (χ1v) is 9.58. The third-order valence-corrected chi connectivity index (χ3v) is 4.97. The second-order valence-electron chi connectivity index (χ2n) is 5.57. The van der Waals surface area contributed by atoms with Crippen LogP contribution in [0.2, 0.25) is 10.0 Å². The van der Waals surface area contributed by atoms with E-state index in [0.29, 0.717) is 27.2 Å². The number of benzene rings is 2. The quantitative estimate of drug-likeness (QED) is 0.387. The highest BCUT2D eigenvalue weighted by atomic mass is 35.5. The number of aryl methyl sites for hydroxylation is 1. The van der Waals surface area contributed by atoms with Crippen LogP contribution in [0.3, 0.4) is 0 Å². The molecule has 0 amide bonds. The molecule has 144 valence electrons. The van der Waals surface area contributed by atoms with E-state index in [9.17, 15) is 9.90 Å². The molecule has 0 aliphatic carbocycles. The van der Waals surface area contributed by atoms with Gasteiger partial charge in [0.15, 0.2) is 0 Å². The van der Waals surface area contributed by atoms with Crippen LogP contribution in [-0.4, -0.2) is 21.3 Å². The van der Waals surface area contributed by atoms with Crippen LogP contribution >= 0.6 is 35.0 Å². The Kier molecular flexibility index (Phi) is 6.61. The minimum atomic E-state index is -1.14. The Morgan fingerprint density at radius 3 is 2.71 bits per heavy atom. The fourth-order valence-electron chi connectivity index (χ4n) is 2.22. The summed E-state index contributed by atoms with van der Waals surface area (Å²) in [5, 5.41) is 18.2. The fraction of sp³-hybridized carbons (Fsp3) is 0.105. The first-order chi connectivity index (χ1) is 13.4. The van der Waals surface area contributed by atoms with Crippen LogP contribution in [0.5, 0.6) is 5.75 Å². The second kappa shape index (κ2) is 9.14. The Morgan fingerprint density at radius 2 is 2.04 bits per heavy atom. The molecule has 3 aromatic rings. The lowest BCUT2D eigenvalue weighted by Gasteiger charge is -2.11. The number of hydrogen-bond donors (Lipinski definition) is 1. The van der Waals surface area contributed by atoms with Crippen molar-refractivity contribution in [2.45, 2.75) is 18.8 Å². The maximum absolute atomic E-state index is 11.7. The van der Waals surface area contributed by atoms with Crippen molar-refractivity contribution >= 4 is 47.0 Å². The lowest BCUT2D eigenvalue weighted by molar-refractivity contribution is -0.131. The summed E-state index contributed by atoms with van der Waals surface area (Å²) in [6.07, 6.45) is 1.44. The summed E-state index contributed by atoms with van der Waals surface area (Å²) in [6, 6.07) is 12.3. The molecule has 0 fully saturated rings. The zero-order chi connectivity index (χ0) is 20.1. The zero-order valence-corrected chi connectivity index (χ0v) is 16.9. The van der Waals surface area contributed by atoms with Crippen LogP contribution in [-0.2, 0) is 11.4 Å². The highest BCUT2D eigenvalue weighted by Gasteiger charge is 2.16. The molecule has 0 atom stereocenters. The van der Waals surface area contributed by atoms with Crippen molar-refractivity contribution in [1.29, 1.82) is 0 Å². The Hall–Kier alpha value is -2.48. The molecule has 28 heavy (non-hydrogen) atoms. The first kappa shape index (κ1) is 20.3. The summed E-state index contributed by atoms with van der Waals surface area (Å²) < 4.78 is 11.1. The molecule has 0 radical (unpaired) electrons. The van der Waals surface area contributed by atoms with Gasteiger partial charge in [-0.1, -0.05) is 41.4 Å². The number of carbonyl (C=O) groups is 1. The lowest BCUT2D eigenvalue weighted by atomic mass is 10.2. The van der Waals surface area contributed by atoms with Crippen LogP contribution in [0.15, 0.2) is 57.0 Å². The Balaban J connectivity index is 1.88. The van der Waals surface area contributed by atoms with Crippen molar-refractivity contribution in [1.82, 2.24) is 10.2 Å². The summed E-state index contributed by atoms with van der Waals surface area (Å²) in [5.41, 5.74) is 1.31. The molecule has 3 rings (SSSR count). The second-order valence-corrected chi connectivity index (χ2v) is 7.40. The Labute approximate surface area is 175 Å². The van der Waals surface area contributed by atoms with E-state index in [1.165, 1.54) is 6.08 Å².